The summed E-state index contributed by atoms with van der Waals surface area (Å²) in [4.78, 5) is 2.86. The molecule has 1 nitrogen and oxygen atoms in total. The number of hydrogen-bond donors (Lipinski definition) is 1. The van der Waals surface area contributed by atoms with Crippen molar-refractivity contribution in [2.24, 2.45) is 0 Å². The predicted molar refractivity (Wildman–Crippen MR) is 43.5 cm³/mol. The average molecular weight is 127 g/mol. The summed E-state index contributed by atoms with van der Waals surface area (Å²) in [5.41, 5.74) is 0. The lowest BCUT2D eigenvalue weighted by Crippen LogP contribution is -1.38. The highest BCUT2D eigenvalue weighted by molar-refractivity contribution is 4.84. The summed E-state index contributed by atoms with van der Waals surface area (Å²) in [5.74, 6) is 0. The van der Waals surface area contributed by atoms with Gasteiger partial charge < -0.3 is 4.98 Å². The Labute approximate surface area is 58.1 Å². The SMILES string of the molecule is CC.CC.c1cc[nH]c1. The number of aromatic amines is 1. The molecular formula is C8H17N. The van der Waals surface area contributed by atoms with E-state index in [0.29, 0.717) is 0 Å². The van der Waals surface area contributed by atoms with E-state index in [1.165, 1.54) is 0 Å². The van der Waals surface area contributed by atoms with Crippen LogP contribution in [0.3, 0.4) is 0 Å². The second-order valence-electron chi connectivity index (χ2n) is 0.885. The molecule has 0 aliphatic heterocycles. The molecule has 0 amide bonds. The van der Waals surface area contributed by atoms with Gasteiger partial charge in [0.1, 0.15) is 0 Å². The van der Waals surface area contributed by atoms with E-state index >= 15 is 0 Å². The second kappa shape index (κ2) is 15.7. The Morgan fingerprint density at radius 3 is 1.22 bits per heavy atom. The van der Waals surface area contributed by atoms with Crippen LogP contribution in [0, 0.1) is 0 Å². The van der Waals surface area contributed by atoms with Gasteiger partial charge in [-0.2, -0.15) is 0 Å². The topological polar surface area (TPSA) is 15.8 Å². The number of nitrogens with one attached hydrogen (secondary N) is 1. The van der Waals surface area contributed by atoms with Crippen LogP contribution in [0.25, 0.3) is 0 Å². The first-order valence-corrected chi connectivity index (χ1v) is 3.58. The van der Waals surface area contributed by atoms with E-state index in [2.05, 4.69) is 4.98 Å². The summed E-state index contributed by atoms with van der Waals surface area (Å²) in [6, 6.07) is 3.89. The molecule has 1 heterocycles. The van der Waals surface area contributed by atoms with E-state index in [1.807, 2.05) is 52.2 Å². The Bertz CT molecular complexity index is 61.0. The van der Waals surface area contributed by atoms with Gasteiger partial charge in [-0.1, -0.05) is 27.7 Å². The molecule has 1 rings (SSSR count). The van der Waals surface area contributed by atoms with E-state index in [9.17, 15) is 0 Å². The third kappa shape index (κ3) is 11.1. The third-order valence-electron chi connectivity index (χ3n) is 0.496. The molecule has 1 heteroatoms. The minimum absolute atomic E-state index is 1.88. The fourth-order valence-corrected chi connectivity index (χ4v) is 0.278. The maximum atomic E-state index is 2.86. The van der Waals surface area contributed by atoms with Crippen LogP contribution in [0.2, 0.25) is 0 Å². The second-order valence-corrected chi connectivity index (χ2v) is 0.885. The van der Waals surface area contributed by atoms with Crippen LogP contribution in [0.15, 0.2) is 24.5 Å². The number of aromatic nitrogens is 1. The highest BCUT2D eigenvalue weighted by Gasteiger charge is 1.55. The highest BCUT2D eigenvalue weighted by atomic mass is 14.6. The molecule has 0 aliphatic carbocycles. The van der Waals surface area contributed by atoms with Gasteiger partial charge in [0.2, 0.25) is 0 Å². The monoisotopic (exact) mass is 127 g/mol. The van der Waals surface area contributed by atoms with Crippen molar-refractivity contribution in [2.45, 2.75) is 27.7 Å². The molecule has 1 aromatic heterocycles. The van der Waals surface area contributed by atoms with Crippen molar-refractivity contribution in [1.29, 1.82) is 0 Å². The molecule has 0 spiro atoms. The summed E-state index contributed by atoms with van der Waals surface area (Å²) in [7, 11) is 0. The number of H-pyrrole nitrogens is 1. The van der Waals surface area contributed by atoms with Crippen molar-refractivity contribution in [1.82, 2.24) is 4.98 Å². The van der Waals surface area contributed by atoms with Crippen LogP contribution in [-0.4, -0.2) is 4.98 Å². The molecule has 1 aromatic rings. The minimum atomic E-state index is 1.88. The highest BCUT2D eigenvalue weighted by Crippen LogP contribution is 1.72. The summed E-state index contributed by atoms with van der Waals surface area (Å²) in [6.45, 7) is 8.00. The van der Waals surface area contributed by atoms with Crippen molar-refractivity contribution >= 4 is 0 Å². The summed E-state index contributed by atoms with van der Waals surface area (Å²) < 4.78 is 0. The molecule has 0 fully saturated rings. The van der Waals surface area contributed by atoms with Gasteiger partial charge in [-0.3, -0.25) is 0 Å². The molecule has 1 N–H and O–H groups in total. The van der Waals surface area contributed by atoms with E-state index in [-0.39, 0.29) is 0 Å². The van der Waals surface area contributed by atoms with Crippen molar-refractivity contribution in [2.75, 3.05) is 0 Å². The lowest BCUT2D eigenvalue weighted by molar-refractivity contribution is 1.42. The summed E-state index contributed by atoms with van der Waals surface area (Å²) >= 11 is 0. The van der Waals surface area contributed by atoms with Gasteiger partial charge in [-0.15, -0.1) is 0 Å². The molecule has 0 saturated carbocycles. The zero-order valence-corrected chi connectivity index (χ0v) is 6.81. The molecule has 0 atom stereocenters. The van der Waals surface area contributed by atoms with E-state index in [4.69, 9.17) is 0 Å². The standard InChI is InChI=1S/C4H5N.2C2H6/c1-2-4-5-3-1;2*1-2/h1-5H;2*1-2H3. The van der Waals surface area contributed by atoms with Crippen molar-refractivity contribution in [3.63, 3.8) is 0 Å². The Balaban J connectivity index is 0. The summed E-state index contributed by atoms with van der Waals surface area (Å²) in [5, 5.41) is 0. The Morgan fingerprint density at radius 1 is 0.778 bits per heavy atom. The van der Waals surface area contributed by atoms with Crippen LogP contribution in [0.5, 0.6) is 0 Å². The molecule has 0 radical (unpaired) electrons. The number of rotatable bonds is 0. The minimum Gasteiger partial charge on any atom is -0.368 e. The average Bonchev–Trinajstić information content (AvgIpc) is 2.51. The van der Waals surface area contributed by atoms with Gasteiger partial charge in [-0.05, 0) is 12.1 Å². The van der Waals surface area contributed by atoms with Gasteiger partial charge in [0.05, 0.1) is 0 Å². The quantitative estimate of drug-likeness (QED) is 0.551. The van der Waals surface area contributed by atoms with Crippen LogP contribution in [0.4, 0.5) is 0 Å². The smallest absolute Gasteiger partial charge is 0.000496 e. The van der Waals surface area contributed by atoms with Gasteiger partial charge in [0.25, 0.3) is 0 Å². The molecule has 9 heavy (non-hydrogen) atoms. The lowest BCUT2D eigenvalue weighted by atomic mass is 10.7. The molecular weight excluding hydrogens is 110 g/mol. The Morgan fingerprint density at radius 2 is 1.11 bits per heavy atom. The van der Waals surface area contributed by atoms with Gasteiger partial charge >= 0.3 is 0 Å². The molecule has 0 saturated heterocycles. The maximum absolute atomic E-state index is 2.86. The molecule has 0 unspecified atom stereocenters. The zero-order valence-electron chi connectivity index (χ0n) is 6.81. The van der Waals surface area contributed by atoms with Gasteiger partial charge in [-0.25, -0.2) is 0 Å². The fraction of sp³-hybridized carbons (Fsp3) is 0.500. The zero-order chi connectivity index (χ0) is 7.54. The van der Waals surface area contributed by atoms with Crippen molar-refractivity contribution in [3.8, 4) is 0 Å². The van der Waals surface area contributed by atoms with Crippen LogP contribution >= 0.6 is 0 Å². The fourth-order valence-electron chi connectivity index (χ4n) is 0.278. The first-order valence-electron chi connectivity index (χ1n) is 3.58. The van der Waals surface area contributed by atoms with Crippen LogP contribution in [0.1, 0.15) is 27.7 Å². The third-order valence-corrected chi connectivity index (χ3v) is 0.496. The normalized spacial score (nSPS) is 5.78. The Hall–Kier alpha value is -0.720. The van der Waals surface area contributed by atoms with Gasteiger partial charge in [0.15, 0.2) is 0 Å². The number of hydrogen-bond acceptors (Lipinski definition) is 0. The van der Waals surface area contributed by atoms with Crippen LogP contribution < -0.4 is 0 Å². The lowest BCUT2D eigenvalue weighted by Gasteiger charge is -1.49. The predicted octanol–water partition coefficient (Wildman–Crippen LogP) is 3.07. The van der Waals surface area contributed by atoms with Crippen LogP contribution in [-0.2, 0) is 0 Å². The van der Waals surface area contributed by atoms with E-state index in [0.717, 1.165) is 0 Å². The largest absolute Gasteiger partial charge is 0.368 e. The Kier molecular flexibility index (Phi) is 19.4. The molecule has 0 aliphatic rings. The van der Waals surface area contributed by atoms with Crippen molar-refractivity contribution in [3.05, 3.63) is 24.5 Å². The van der Waals surface area contributed by atoms with E-state index < -0.39 is 0 Å². The van der Waals surface area contributed by atoms with E-state index in [1.54, 1.807) is 0 Å². The molecule has 0 bridgehead atoms. The molecule has 54 valence electrons. The maximum Gasteiger partial charge on any atom is 0.000496 e. The molecule has 0 aromatic carbocycles. The van der Waals surface area contributed by atoms with Crippen molar-refractivity contribution < 1.29 is 0 Å². The van der Waals surface area contributed by atoms with Gasteiger partial charge in [0, 0.05) is 12.4 Å². The first kappa shape index (κ1) is 11.1. The first-order chi connectivity index (χ1) is 4.50. The summed E-state index contributed by atoms with van der Waals surface area (Å²) in [6.07, 6.45) is 3.75.